The highest BCUT2D eigenvalue weighted by Crippen LogP contribution is 2.26. The van der Waals surface area contributed by atoms with Crippen LogP contribution in [0.4, 0.5) is 0 Å². The van der Waals surface area contributed by atoms with Crippen LogP contribution in [0.1, 0.15) is 53.0 Å². The SMILES string of the molecule is C=C[C@@H](C)C1C/C=C/C(=O)NC(Cc2ccc(OC)c(Cl)c2)C(=O)NCC(C)(C)C(=O)O[C@@H](CC(C)C)C(=O)O1. The van der Waals surface area contributed by atoms with E-state index < -0.39 is 47.4 Å². The maximum Gasteiger partial charge on any atom is 0.347 e. The summed E-state index contributed by atoms with van der Waals surface area (Å²) < 4.78 is 16.6. The molecule has 2 amide bonds. The van der Waals surface area contributed by atoms with Crippen molar-refractivity contribution >= 4 is 35.4 Å². The zero-order valence-electron chi connectivity index (χ0n) is 24.1. The summed E-state index contributed by atoms with van der Waals surface area (Å²) in [7, 11) is 1.50. The van der Waals surface area contributed by atoms with E-state index in [1.807, 2.05) is 20.8 Å². The first kappa shape index (κ1) is 32.9. The number of halogens is 1. The maximum atomic E-state index is 13.3. The van der Waals surface area contributed by atoms with E-state index in [9.17, 15) is 19.2 Å². The lowest BCUT2D eigenvalue weighted by Crippen LogP contribution is -2.51. The molecule has 1 aliphatic heterocycles. The number of ether oxygens (including phenoxy) is 3. The number of esters is 2. The molecule has 2 N–H and O–H groups in total. The third kappa shape index (κ3) is 9.70. The number of carbonyl (C=O) groups excluding carboxylic acids is 4. The van der Waals surface area contributed by atoms with Crippen molar-refractivity contribution in [3.8, 4) is 5.75 Å². The molecular weight excluding hydrogens is 536 g/mol. The lowest BCUT2D eigenvalue weighted by atomic mass is 9.93. The average molecular weight is 577 g/mol. The smallest absolute Gasteiger partial charge is 0.347 e. The molecule has 0 aromatic heterocycles. The van der Waals surface area contributed by atoms with E-state index in [-0.39, 0.29) is 37.6 Å². The number of carbonyl (C=O) groups is 4. The maximum absolute atomic E-state index is 13.3. The van der Waals surface area contributed by atoms with Crippen LogP contribution < -0.4 is 15.4 Å². The Bertz CT molecular complexity index is 1120. The van der Waals surface area contributed by atoms with Crippen LogP contribution in [-0.2, 0) is 35.1 Å². The van der Waals surface area contributed by atoms with Gasteiger partial charge in [-0.1, -0.05) is 50.6 Å². The Labute approximate surface area is 241 Å². The van der Waals surface area contributed by atoms with E-state index in [1.165, 1.54) is 13.2 Å². The zero-order valence-corrected chi connectivity index (χ0v) is 24.9. The lowest BCUT2D eigenvalue weighted by molar-refractivity contribution is -0.178. The predicted molar refractivity (Wildman–Crippen MR) is 153 cm³/mol. The van der Waals surface area contributed by atoms with Crippen LogP contribution in [0, 0.1) is 17.3 Å². The normalized spacial score (nSPS) is 24.2. The van der Waals surface area contributed by atoms with Crippen LogP contribution >= 0.6 is 11.6 Å². The minimum Gasteiger partial charge on any atom is -0.495 e. The van der Waals surface area contributed by atoms with E-state index >= 15 is 0 Å². The third-order valence-corrected chi connectivity index (χ3v) is 6.90. The molecule has 9 nitrogen and oxygen atoms in total. The van der Waals surface area contributed by atoms with Gasteiger partial charge < -0.3 is 24.8 Å². The number of hydrogen-bond acceptors (Lipinski definition) is 7. The fourth-order valence-electron chi connectivity index (χ4n) is 3.97. The molecular formula is C30H41ClN2O7. The molecule has 220 valence electrons. The highest BCUT2D eigenvalue weighted by Gasteiger charge is 2.36. The fourth-order valence-corrected chi connectivity index (χ4v) is 4.25. The lowest BCUT2D eigenvalue weighted by Gasteiger charge is -2.29. The van der Waals surface area contributed by atoms with E-state index in [4.69, 9.17) is 25.8 Å². The number of nitrogens with one attached hydrogen (secondary N) is 2. The molecule has 2 rings (SSSR count). The standard InChI is InChI=1S/C30H41ClN2O7/c1-8-19(4)23-10-9-11-26(34)33-22(16-20-12-13-24(38-7)21(31)15-20)27(35)32-17-30(5,6)29(37)40-25(14-18(2)3)28(36)39-23/h8-9,11-13,15,18-19,22-23,25H,1,10,14,16-17H2,2-7H3,(H,32,35)(H,33,34)/b11-9+/t19-,22?,23?,25+/m1/s1. The van der Waals surface area contributed by atoms with E-state index in [0.717, 1.165) is 0 Å². The molecule has 0 saturated carbocycles. The van der Waals surface area contributed by atoms with Crippen molar-refractivity contribution in [3.63, 3.8) is 0 Å². The number of amides is 2. The van der Waals surface area contributed by atoms with Crippen molar-refractivity contribution in [2.45, 2.75) is 72.1 Å². The molecule has 0 aliphatic carbocycles. The molecule has 10 heteroatoms. The highest BCUT2D eigenvalue weighted by molar-refractivity contribution is 6.32. The van der Waals surface area contributed by atoms with Gasteiger partial charge in [-0.2, -0.15) is 0 Å². The third-order valence-electron chi connectivity index (χ3n) is 6.61. The summed E-state index contributed by atoms with van der Waals surface area (Å²) in [5, 5.41) is 5.84. The summed E-state index contributed by atoms with van der Waals surface area (Å²) in [5.74, 6) is -2.01. The van der Waals surface area contributed by atoms with Gasteiger partial charge in [-0.15, -0.1) is 6.58 Å². The Hall–Kier alpha value is -3.33. The van der Waals surface area contributed by atoms with Crippen LogP contribution in [0.5, 0.6) is 5.75 Å². The zero-order chi connectivity index (χ0) is 30.0. The van der Waals surface area contributed by atoms with Gasteiger partial charge >= 0.3 is 11.9 Å². The second-order valence-corrected chi connectivity index (χ2v) is 11.5. The first-order valence-corrected chi connectivity index (χ1v) is 13.8. The summed E-state index contributed by atoms with van der Waals surface area (Å²) in [6.07, 6.45) is 3.41. The van der Waals surface area contributed by atoms with Gasteiger partial charge in [0.1, 0.15) is 17.9 Å². The highest BCUT2D eigenvalue weighted by atomic mass is 35.5. The summed E-state index contributed by atoms with van der Waals surface area (Å²) in [5.41, 5.74) is -0.472. The number of benzene rings is 1. The second kappa shape index (κ2) is 14.9. The summed E-state index contributed by atoms with van der Waals surface area (Å²) in [6, 6.07) is 4.14. The molecule has 0 fully saturated rings. The molecule has 1 aliphatic rings. The first-order chi connectivity index (χ1) is 18.8. The Morgan fingerprint density at radius 2 is 1.88 bits per heavy atom. The van der Waals surface area contributed by atoms with Crippen molar-refractivity contribution in [1.82, 2.24) is 10.6 Å². The Balaban J connectivity index is 2.41. The molecule has 0 saturated heterocycles. The summed E-state index contributed by atoms with van der Waals surface area (Å²) in [6.45, 7) is 12.6. The molecule has 0 bridgehead atoms. The van der Waals surface area contributed by atoms with Crippen LogP contribution in [-0.4, -0.2) is 55.7 Å². The van der Waals surface area contributed by atoms with Gasteiger partial charge in [0.05, 0.1) is 17.5 Å². The molecule has 2 unspecified atom stereocenters. The van der Waals surface area contributed by atoms with Crippen molar-refractivity contribution in [2.24, 2.45) is 17.3 Å². The van der Waals surface area contributed by atoms with Crippen LogP contribution in [0.15, 0.2) is 43.0 Å². The average Bonchev–Trinajstić information content (AvgIpc) is 2.89. The topological polar surface area (TPSA) is 120 Å². The predicted octanol–water partition coefficient (Wildman–Crippen LogP) is 4.17. The van der Waals surface area contributed by atoms with Crippen LogP contribution in [0.25, 0.3) is 0 Å². The molecule has 1 aromatic carbocycles. The Morgan fingerprint density at radius 3 is 2.48 bits per heavy atom. The van der Waals surface area contributed by atoms with Gasteiger partial charge in [0.25, 0.3) is 0 Å². The minimum atomic E-state index is -1.17. The number of cyclic esters (lactones) is 2. The van der Waals surface area contributed by atoms with Gasteiger partial charge in [0.2, 0.25) is 11.8 Å². The first-order valence-electron chi connectivity index (χ1n) is 13.4. The molecule has 0 radical (unpaired) electrons. The van der Waals surface area contributed by atoms with Crippen molar-refractivity contribution < 1.29 is 33.4 Å². The fraction of sp³-hybridized carbons (Fsp3) is 0.533. The number of hydrogen-bond donors (Lipinski definition) is 2. The summed E-state index contributed by atoms with van der Waals surface area (Å²) >= 11 is 6.26. The van der Waals surface area contributed by atoms with Gasteiger partial charge in [-0.25, -0.2) is 4.79 Å². The molecule has 4 atom stereocenters. The van der Waals surface area contributed by atoms with E-state index in [2.05, 4.69) is 17.2 Å². The van der Waals surface area contributed by atoms with Gasteiger partial charge in [-0.05, 0) is 50.0 Å². The number of methoxy groups -OCH3 is 1. The molecule has 40 heavy (non-hydrogen) atoms. The molecule has 1 heterocycles. The molecule has 0 spiro atoms. The van der Waals surface area contributed by atoms with E-state index in [0.29, 0.717) is 16.3 Å². The monoisotopic (exact) mass is 576 g/mol. The van der Waals surface area contributed by atoms with Crippen molar-refractivity contribution in [3.05, 3.63) is 53.6 Å². The van der Waals surface area contributed by atoms with Gasteiger partial charge in [0.15, 0.2) is 6.10 Å². The number of rotatable bonds is 7. The van der Waals surface area contributed by atoms with Gasteiger partial charge in [-0.3, -0.25) is 14.4 Å². The van der Waals surface area contributed by atoms with Gasteiger partial charge in [0, 0.05) is 25.3 Å². The van der Waals surface area contributed by atoms with Crippen molar-refractivity contribution in [2.75, 3.05) is 13.7 Å². The Morgan fingerprint density at radius 1 is 1.18 bits per heavy atom. The molecule has 1 aromatic rings. The quantitative estimate of drug-likeness (QED) is 0.369. The Kier molecular flexibility index (Phi) is 12.2. The minimum absolute atomic E-state index is 0.0462. The van der Waals surface area contributed by atoms with Crippen LogP contribution in [0.2, 0.25) is 5.02 Å². The largest absolute Gasteiger partial charge is 0.495 e. The summed E-state index contributed by atoms with van der Waals surface area (Å²) in [4.78, 5) is 52.3. The van der Waals surface area contributed by atoms with E-state index in [1.54, 1.807) is 44.2 Å². The van der Waals surface area contributed by atoms with Crippen molar-refractivity contribution in [1.29, 1.82) is 0 Å². The second-order valence-electron chi connectivity index (χ2n) is 11.1. The van der Waals surface area contributed by atoms with Crippen LogP contribution in [0.3, 0.4) is 0 Å².